The molecule has 144 valence electrons. The lowest BCUT2D eigenvalue weighted by Gasteiger charge is -2.22. The molecule has 1 amide bonds. The zero-order valence-corrected chi connectivity index (χ0v) is 15.2. The first-order chi connectivity index (χ1) is 13.6. The Hall–Kier alpha value is -3.49. The molecule has 1 saturated carbocycles. The topological polar surface area (TPSA) is 108 Å². The van der Waals surface area contributed by atoms with Crippen LogP contribution in [0.4, 0.5) is 10.2 Å². The van der Waals surface area contributed by atoms with Gasteiger partial charge in [0, 0.05) is 6.07 Å². The van der Waals surface area contributed by atoms with E-state index in [0.29, 0.717) is 28.8 Å². The maximum atomic E-state index is 13.1. The number of guanidine groups is 1. The van der Waals surface area contributed by atoms with Crippen LogP contribution in [0.2, 0.25) is 0 Å². The van der Waals surface area contributed by atoms with Crippen molar-refractivity contribution in [2.45, 2.75) is 32.2 Å². The Morgan fingerprint density at radius 1 is 1.32 bits per heavy atom. The van der Waals surface area contributed by atoms with Crippen LogP contribution in [-0.4, -0.2) is 33.3 Å². The monoisotopic (exact) mass is 382 g/mol. The molecule has 0 radical (unpaired) electrons. The van der Waals surface area contributed by atoms with Crippen LogP contribution < -0.4 is 10.6 Å². The van der Waals surface area contributed by atoms with Gasteiger partial charge in [-0.25, -0.2) is 9.38 Å². The summed E-state index contributed by atoms with van der Waals surface area (Å²) in [5.41, 5.74) is 1.85. The number of halogens is 1. The van der Waals surface area contributed by atoms with Crippen LogP contribution in [-0.2, 0) is 0 Å². The standard InChI is InChI=1S/C19H19FN6O2/c1-11-15(10-21-28-11)18(27)24-19(22-14-3-2-4-14)23-17-9-16(25-26-17)12-5-7-13(20)8-6-12/h5-10,14H,2-4H2,1H3,(H3,22,23,24,25,26,27). The fraction of sp³-hybridized carbons (Fsp3) is 0.263. The van der Waals surface area contributed by atoms with Gasteiger partial charge in [-0.05, 0) is 56.0 Å². The Morgan fingerprint density at radius 2 is 2.11 bits per heavy atom. The summed E-state index contributed by atoms with van der Waals surface area (Å²) < 4.78 is 18.0. The van der Waals surface area contributed by atoms with Gasteiger partial charge in [0.1, 0.15) is 17.1 Å². The first-order valence-corrected chi connectivity index (χ1v) is 8.97. The first kappa shape index (κ1) is 17.9. The van der Waals surface area contributed by atoms with Crippen molar-refractivity contribution >= 4 is 17.7 Å². The van der Waals surface area contributed by atoms with E-state index in [1.165, 1.54) is 18.3 Å². The molecule has 3 N–H and O–H groups in total. The molecule has 0 spiro atoms. The molecule has 0 bridgehead atoms. The van der Waals surface area contributed by atoms with E-state index in [4.69, 9.17) is 4.52 Å². The van der Waals surface area contributed by atoms with Crippen LogP contribution in [0.25, 0.3) is 11.3 Å². The number of aromatic nitrogens is 3. The zero-order valence-electron chi connectivity index (χ0n) is 15.2. The SMILES string of the molecule is Cc1oncc1C(=O)NC(=NC1CCC1)Nc1cc(-c2ccc(F)cc2)[nH]n1. The van der Waals surface area contributed by atoms with Gasteiger partial charge in [0.15, 0.2) is 5.82 Å². The summed E-state index contributed by atoms with van der Waals surface area (Å²) in [5, 5.41) is 16.5. The lowest BCUT2D eigenvalue weighted by Crippen LogP contribution is -2.38. The Morgan fingerprint density at radius 3 is 2.75 bits per heavy atom. The van der Waals surface area contributed by atoms with Crippen LogP contribution in [0.5, 0.6) is 0 Å². The van der Waals surface area contributed by atoms with E-state index in [-0.39, 0.29) is 17.8 Å². The molecule has 2 heterocycles. The number of aryl methyl sites for hydroxylation is 1. The lowest BCUT2D eigenvalue weighted by molar-refractivity contribution is 0.0975. The van der Waals surface area contributed by atoms with E-state index in [2.05, 4.69) is 31.0 Å². The van der Waals surface area contributed by atoms with E-state index in [9.17, 15) is 9.18 Å². The van der Waals surface area contributed by atoms with Crippen LogP contribution in [0.1, 0.15) is 35.4 Å². The van der Waals surface area contributed by atoms with Gasteiger partial charge < -0.3 is 9.84 Å². The molecule has 4 rings (SSSR count). The maximum absolute atomic E-state index is 13.1. The summed E-state index contributed by atoms with van der Waals surface area (Å²) >= 11 is 0. The van der Waals surface area contributed by atoms with Gasteiger partial charge in [-0.2, -0.15) is 5.10 Å². The largest absolute Gasteiger partial charge is 0.361 e. The van der Waals surface area contributed by atoms with Gasteiger partial charge in [0.2, 0.25) is 5.96 Å². The number of hydrogen-bond donors (Lipinski definition) is 3. The number of carbonyl (C=O) groups is 1. The quantitative estimate of drug-likeness (QED) is 0.474. The normalized spacial score (nSPS) is 14.6. The first-order valence-electron chi connectivity index (χ1n) is 8.97. The fourth-order valence-corrected chi connectivity index (χ4v) is 2.77. The molecular weight excluding hydrogens is 363 g/mol. The minimum atomic E-state index is -0.362. The third-order valence-corrected chi connectivity index (χ3v) is 4.59. The van der Waals surface area contributed by atoms with E-state index >= 15 is 0 Å². The van der Waals surface area contributed by atoms with E-state index < -0.39 is 0 Å². The second-order valence-electron chi connectivity index (χ2n) is 6.61. The molecule has 0 atom stereocenters. The third-order valence-electron chi connectivity index (χ3n) is 4.59. The molecule has 9 heteroatoms. The van der Waals surface area contributed by atoms with Gasteiger partial charge in [0.05, 0.1) is 17.9 Å². The Labute approximate surface area is 160 Å². The Kier molecular flexibility index (Phi) is 4.88. The molecule has 0 aliphatic heterocycles. The predicted molar refractivity (Wildman–Crippen MR) is 101 cm³/mol. The van der Waals surface area contributed by atoms with E-state index in [1.807, 2.05) is 0 Å². The number of hydrogen-bond acceptors (Lipinski definition) is 5. The van der Waals surface area contributed by atoms with Crippen molar-refractivity contribution in [2.75, 3.05) is 5.32 Å². The van der Waals surface area contributed by atoms with Crippen LogP contribution in [0.15, 0.2) is 46.0 Å². The van der Waals surface area contributed by atoms with Gasteiger partial charge in [0.25, 0.3) is 5.91 Å². The number of aliphatic imine (C=N–C) groups is 1. The Bertz CT molecular complexity index is 1000. The maximum Gasteiger partial charge on any atom is 0.263 e. The van der Waals surface area contributed by atoms with Crippen molar-refractivity contribution in [1.82, 2.24) is 20.7 Å². The molecule has 1 aliphatic rings. The third kappa shape index (κ3) is 3.93. The minimum absolute atomic E-state index is 0.168. The molecule has 0 unspecified atom stereocenters. The Balaban J connectivity index is 1.51. The molecule has 1 fully saturated rings. The van der Waals surface area contributed by atoms with Crippen LogP contribution in [0.3, 0.4) is 0 Å². The van der Waals surface area contributed by atoms with Gasteiger partial charge in [-0.1, -0.05) is 5.16 Å². The number of nitrogens with one attached hydrogen (secondary N) is 3. The van der Waals surface area contributed by atoms with Crippen molar-refractivity contribution in [1.29, 1.82) is 0 Å². The van der Waals surface area contributed by atoms with Crippen molar-refractivity contribution in [2.24, 2.45) is 4.99 Å². The highest BCUT2D eigenvalue weighted by Gasteiger charge is 2.20. The van der Waals surface area contributed by atoms with Gasteiger partial charge in [-0.3, -0.25) is 15.2 Å². The second-order valence-corrected chi connectivity index (χ2v) is 6.61. The molecule has 28 heavy (non-hydrogen) atoms. The summed E-state index contributed by atoms with van der Waals surface area (Å²) in [5.74, 6) is 0.563. The van der Waals surface area contributed by atoms with Crippen LogP contribution >= 0.6 is 0 Å². The number of aromatic amines is 1. The summed E-state index contributed by atoms with van der Waals surface area (Å²) in [6.45, 7) is 1.67. The second kappa shape index (κ2) is 7.63. The number of benzene rings is 1. The zero-order chi connectivity index (χ0) is 19.5. The number of anilines is 1. The van der Waals surface area contributed by atoms with Gasteiger partial charge >= 0.3 is 0 Å². The number of H-pyrrole nitrogens is 1. The lowest BCUT2D eigenvalue weighted by atomic mass is 9.94. The summed E-state index contributed by atoms with van der Waals surface area (Å²) in [6, 6.07) is 8.02. The van der Waals surface area contributed by atoms with Crippen molar-refractivity contribution < 1.29 is 13.7 Å². The fourth-order valence-electron chi connectivity index (χ4n) is 2.77. The molecular formula is C19H19FN6O2. The van der Waals surface area contributed by atoms with Crippen molar-refractivity contribution in [3.05, 3.63) is 53.7 Å². The average Bonchev–Trinajstić information content (AvgIpc) is 3.27. The number of nitrogens with zero attached hydrogens (tertiary/aromatic N) is 3. The molecule has 0 saturated heterocycles. The average molecular weight is 382 g/mol. The predicted octanol–water partition coefficient (Wildman–Crippen LogP) is 3.26. The number of carbonyl (C=O) groups excluding carboxylic acids is 1. The molecule has 1 aromatic carbocycles. The molecule has 3 aromatic rings. The van der Waals surface area contributed by atoms with E-state index in [0.717, 1.165) is 24.8 Å². The smallest absolute Gasteiger partial charge is 0.263 e. The minimum Gasteiger partial charge on any atom is -0.361 e. The highest BCUT2D eigenvalue weighted by molar-refractivity contribution is 6.10. The van der Waals surface area contributed by atoms with Gasteiger partial charge in [-0.15, -0.1) is 0 Å². The van der Waals surface area contributed by atoms with Crippen molar-refractivity contribution in [3.63, 3.8) is 0 Å². The molecule has 1 aliphatic carbocycles. The molecule has 2 aromatic heterocycles. The molecule has 8 nitrogen and oxygen atoms in total. The van der Waals surface area contributed by atoms with Crippen LogP contribution in [0, 0.1) is 12.7 Å². The highest BCUT2D eigenvalue weighted by atomic mass is 19.1. The van der Waals surface area contributed by atoms with E-state index in [1.54, 1.807) is 25.1 Å². The highest BCUT2D eigenvalue weighted by Crippen LogP contribution is 2.23. The van der Waals surface area contributed by atoms with Crippen molar-refractivity contribution in [3.8, 4) is 11.3 Å². The summed E-state index contributed by atoms with van der Waals surface area (Å²) in [6.07, 6.45) is 4.45. The summed E-state index contributed by atoms with van der Waals surface area (Å²) in [4.78, 5) is 17.0. The number of amides is 1. The number of rotatable bonds is 4. The summed E-state index contributed by atoms with van der Waals surface area (Å²) in [7, 11) is 0.